The van der Waals surface area contributed by atoms with Crippen LogP contribution in [0.3, 0.4) is 0 Å². The molecule has 6 rings (SSSR count). The minimum atomic E-state index is -0.781. The van der Waals surface area contributed by atoms with Crippen LogP contribution in [0.1, 0.15) is 40.3 Å². The van der Waals surface area contributed by atoms with Gasteiger partial charge in [0.1, 0.15) is 12.1 Å². The van der Waals surface area contributed by atoms with Gasteiger partial charge in [-0.05, 0) is 74.7 Å². The molecular formula is C34H21FN2. The van der Waals surface area contributed by atoms with Gasteiger partial charge in [0.15, 0.2) is 5.82 Å². The van der Waals surface area contributed by atoms with Gasteiger partial charge in [-0.3, -0.25) is 0 Å². The van der Waals surface area contributed by atoms with Gasteiger partial charge in [0.2, 0.25) is 0 Å². The lowest BCUT2D eigenvalue weighted by Gasteiger charge is -2.31. The van der Waals surface area contributed by atoms with Crippen LogP contribution in [0.5, 0.6) is 0 Å². The molecule has 2 nitrogen and oxygen atoms in total. The van der Waals surface area contributed by atoms with Crippen LogP contribution in [0, 0.1) is 28.5 Å². The quantitative estimate of drug-likeness (QED) is 0.300. The van der Waals surface area contributed by atoms with Crippen LogP contribution in [0.15, 0.2) is 109 Å². The van der Waals surface area contributed by atoms with E-state index in [1.54, 1.807) is 12.1 Å². The molecule has 1 spiro atoms. The molecule has 1 atom stereocenters. The van der Waals surface area contributed by atoms with Crippen molar-refractivity contribution in [3.05, 3.63) is 148 Å². The van der Waals surface area contributed by atoms with Gasteiger partial charge in [-0.1, -0.05) is 91.5 Å². The second kappa shape index (κ2) is 8.30. The Morgan fingerprint density at radius 1 is 0.784 bits per heavy atom. The highest BCUT2D eigenvalue weighted by Gasteiger charge is 2.52. The molecule has 4 aromatic carbocycles. The van der Waals surface area contributed by atoms with Gasteiger partial charge in [-0.25, -0.2) is 4.39 Å². The number of nitrogens with zero attached hydrogens (tertiary/aromatic N) is 2. The lowest BCUT2D eigenvalue weighted by Crippen LogP contribution is -2.26. The molecule has 2 aliphatic rings. The standard InChI is InChI=1S/C34H21FN2/c1-3-10-28-24(4-2)26-11-5-7-14-29(26)34(28)30-15-8-6-12-27(30)32-25(13-9-16-31(32)34)21-17-22(19-36)33(35)23(18-21)20-37/h3-18H,2H2,1H3/b10-3-. The summed E-state index contributed by atoms with van der Waals surface area (Å²) in [5, 5.41) is 19.1. The zero-order valence-corrected chi connectivity index (χ0v) is 20.2. The topological polar surface area (TPSA) is 47.6 Å². The van der Waals surface area contributed by atoms with E-state index >= 15 is 0 Å². The summed E-state index contributed by atoms with van der Waals surface area (Å²) in [5.41, 5.74) is 9.67. The molecular weight excluding hydrogens is 455 g/mol. The van der Waals surface area contributed by atoms with E-state index in [-0.39, 0.29) is 11.1 Å². The van der Waals surface area contributed by atoms with Crippen molar-refractivity contribution < 1.29 is 4.39 Å². The Labute approximate surface area is 215 Å². The molecule has 0 aromatic heterocycles. The number of nitriles is 2. The minimum Gasteiger partial charge on any atom is -0.204 e. The summed E-state index contributed by atoms with van der Waals surface area (Å²) in [5.74, 6) is -0.781. The second-order valence-electron chi connectivity index (χ2n) is 9.21. The fourth-order valence-electron chi connectivity index (χ4n) is 6.23. The average molecular weight is 477 g/mol. The third-order valence-corrected chi connectivity index (χ3v) is 7.55. The first kappa shape index (κ1) is 22.5. The molecule has 2 aliphatic carbocycles. The van der Waals surface area contributed by atoms with E-state index in [9.17, 15) is 14.9 Å². The Morgan fingerprint density at radius 2 is 1.35 bits per heavy atom. The Morgan fingerprint density at radius 3 is 1.97 bits per heavy atom. The molecule has 0 amide bonds. The van der Waals surface area contributed by atoms with Crippen molar-refractivity contribution in [1.82, 2.24) is 0 Å². The predicted octanol–water partition coefficient (Wildman–Crippen LogP) is 8.08. The van der Waals surface area contributed by atoms with Gasteiger partial charge in [0, 0.05) is 0 Å². The van der Waals surface area contributed by atoms with Crippen molar-refractivity contribution in [2.24, 2.45) is 0 Å². The van der Waals surface area contributed by atoms with Gasteiger partial charge in [0.25, 0.3) is 0 Å². The Bertz CT molecular complexity index is 1760. The maximum atomic E-state index is 14.6. The number of hydrogen-bond donors (Lipinski definition) is 0. The highest BCUT2D eigenvalue weighted by Crippen LogP contribution is 2.63. The van der Waals surface area contributed by atoms with E-state index < -0.39 is 11.2 Å². The van der Waals surface area contributed by atoms with E-state index in [0.717, 1.165) is 44.5 Å². The minimum absolute atomic E-state index is 0.137. The lowest BCUT2D eigenvalue weighted by atomic mass is 9.69. The molecule has 0 saturated heterocycles. The van der Waals surface area contributed by atoms with Crippen LogP contribution in [0.25, 0.3) is 27.8 Å². The van der Waals surface area contributed by atoms with Crippen molar-refractivity contribution in [3.63, 3.8) is 0 Å². The van der Waals surface area contributed by atoms with Crippen molar-refractivity contribution >= 4 is 5.57 Å². The van der Waals surface area contributed by atoms with Crippen LogP contribution in [-0.2, 0) is 5.41 Å². The first-order chi connectivity index (χ1) is 18.1. The largest absolute Gasteiger partial charge is 0.204 e. The van der Waals surface area contributed by atoms with Gasteiger partial charge in [0.05, 0.1) is 16.5 Å². The zero-order chi connectivity index (χ0) is 25.7. The molecule has 4 aromatic rings. The maximum absolute atomic E-state index is 14.6. The molecule has 0 saturated carbocycles. The number of allylic oxidation sites excluding steroid dienone is 5. The summed E-state index contributed by atoms with van der Waals surface area (Å²) >= 11 is 0. The number of halogens is 1. The molecule has 0 aliphatic heterocycles. The Balaban J connectivity index is 1.78. The van der Waals surface area contributed by atoms with Gasteiger partial charge in [-0.2, -0.15) is 10.5 Å². The molecule has 0 heterocycles. The highest BCUT2D eigenvalue weighted by molar-refractivity contribution is 6.01. The monoisotopic (exact) mass is 476 g/mol. The molecule has 0 bridgehead atoms. The first-order valence-corrected chi connectivity index (χ1v) is 12.1. The smallest absolute Gasteiger partial charge is 0.158 e. The van der Waals surface area contributed by atoms with E-state index in [4.69, 9.17) is 0 Å². The third kappa shape index (κ3) is 2.83. The number of hydrogen-bond acceptors (Lipinski definition) is 2. The summed E-state index contributed by atoms with van der Waals surface area (Å²) < 4.78 is 14.6. The maximum Gasteiger partial charge on any atom is 0.158 e. The fourth-order valence-corrected chi connectivity index (χ4v) is 6.23. The molecule has 1 unspecified atom stereocenters. The molecule has 174 valence electrons. The van der Waals surface area contributed by atoms with E-state index in [0.29, 0.717) is 5.56 Å². The molecule has 0 radical (unpaired) electrons. The SMILES string of the molecule is C=CC1=C(/C=C\C)C2(c3ccccc31)c1ccccc1-c1c(-c3cc(C#N)c(F)c(C#N)c3)cccc12. The predicted molar refractivity (Wildman–Crippen MR) is 145 cm³/mol. The van der Waals surface area contributed by atoms with E-state index in [1.165, 1.54) is 5.56 Å². The fraction of sp³-hybridized carbons (Fsp3) is 0.0588. The highest BCUT2D eigenvalue weighted by atomic mass is 19.1. The molecule has 37 heavy (non-hydrogen) atoms. The Kier molecular flexibility index (Phi) is 5.04. The van der Waals surface area contributed by atoms with Crippen molar-refractivity contribution in [1.29, 1.82) is 10.5 Å². The van der Waals surface area contributed by atoms with Crippen molar-refractivity contribution in [3.8, 4) is 34.4 Å². The third-order valence-electron chi connectivity index (χ3n) is 7.55. The van der Waals surface area contributed by atoms with Crippen molar-refractivity contribution in [2.45, 2.75) is 12.3 Å². The van der Waals surface area contributed by atoms with Gasteiger partial charge in [-0.15, -0.1) is 0 Å². The summed E-state index contributed by atoms with van der Waals surface area (Å²) in [6, 6.07) is 29.9. The summed E-state index contributed by atoms with van der Waals surface area (Å²) in [6.07, 6.45) is 6.18. The number of benzene rings is 4. The molecule has 0 N–H and O–H groups in total. The van der Waals surface area contributed by atoms with Crippen LogP contribution >= 0.6 is 0 Å². The average Bonchev–Trinajstić information content (AvgIpc) is 3.40. The summed E-state index contributed by atoms with van der Waals surface area (Å²) in [6.45, 7) is 6.19. The van der Waals surface area contributed by atoms with Crippen molar-refractivity contribution in [2.75, 3.05) is 0 Å². The van der Waals surface area contributed by atoms with Crippen LogP contribution < -0.4 is 0 Å². The summed E-state index contributed by atoms with van der Waals surface area (Å²) in [7, 11) is 0. The van der Waals surface area contributed by atoms with Crippen LogP contribution in [0.2, 0.25) is 0 Å². The molecule has 3 heteroatoms. The number of rotatable bonds is 3. The van der Waals surface area contributed by atoms with Crippen LogP contribution in [0.4, 0.5) is 4.39 Å². The summed E-state index contributed by atoms with van der Waals surface area (Å²) in [4.78, 5) is 0. The molecule has 0 fully saturated rings. The van der Waals surface area contributed by atoms with Gasteiger partial charge >= 0.3 is 0 Å². The first-order valence-electron chi connectivity index (χ1n) is 12.1. The lowest BCUT2D eigenvalue weighted by molar-refractivity contribution is 0.620. The van der Waals surface area contributed by atoms with E-state index in [2.05, 4.69) is 67.3 Å². The normalized spacial score (nSPS) is 16.9. The van der Waals surface area contributed by atoms with E-state index in [1.807, 2.05) is 43.3 Å². The second-order valence-corrected chi connectivity index (χ2v) is 9.21. The van der Waals surface area contributed by atoms with Gasteiger partial charge < -0.3 is 0 Å². The number of fused-ring (bicyclic) bond motifs is 7. The Hall–Kier alpha value is -4.99. The zero-order valence-electron chi connectivity index (χ0n) is 20.2. The van der Waals surface area contributed by atoms with Crippen LogP contribution in [-0.4, -0.2) is 0 Å².